The molecule has 98 valence electrons. The van der Waals surface area contributed by atoms with Crippen LogP contribution in [0, 0.1) is 12.7 Å². The Morgan fingerprint density at radius 1 is 1.26 bits per heavy atom. The summed E-state index contributed by atoms with van der Waals surface area (Å²) >= 11 is 0. The molecule has 1 amide bonds. The normalized spacial score (nSPS) is 10.2. The van der Waals surface area contributed by atoms with Crippen LogP contribution in [0.15, 0.2) is 36.4 Å². The fourth-order valence-electron chi connectivity index (χ4n) is 1.59. The Kier molecular flexibility index (Phi) is 3.37. The van der Waals surface area contributed by atoms with Gasteiger partial charge in [-0.3, -0.25) is 4.79 Å². The summed E-state index contributed by atoms with van der Waals surface area (Å²) < 4.78 is 13.4. The molecule has 2 rings (SSSR count). The molecule has 0 aliphatic rings. The van der Waals surface area contributed by atoms with Gasteiger partial charge in [-0.15, -0.1) is 0 Å². The third-order valence-electron chi connectivity index (χ3n) is 2.72. The van der Waals surface area contributed by atoms with Crippen LogP contribution in [-0.4, -0.2) is 11.0 Å². The quantitative estimate of drug-likeness (QED) is 0.574. The Morgan fingerprint density at radius 2 is 2.00 bits per heavy atom. The predicted molar refractivity (Wildman–Crippen MR) is 71.6 cm³/mol. The maximum atomic E-state index is 13.4. The van der Waals surface area contributed by atoms with Gasteiger partial charge in [-0.25, -0.2) is 4.39 Å². The van der Waals surface area contributed by atoms with Gasteiger partial charge in [0.25, 0.3) is 5.91 Å². The number of aryl methyl sites for hydroxylation is 1. The van der Waals surface area contributed by atoms with Crippen molar-refractivity contribution in [1.29, 1.82) is 0 Å². The summed E-state index contributed by atoms with van der Waals surface area (Å²) in [7, 11) is 0. The topological polar surface area (TPSA) is 75.3 Å². The summed E-state index contributed by atoms with van der Waals surface area (Å²) in [5.41, 5.74) is 6.93. The highest BCUT2D eigenvalue weighted by atomic mass is 19.1. The van der Waals surface area contributed by atoms with Gasteiger partial charge in [-0.05, 0) is 36.8 Å². The second-order valence-corrected chi connectivity index (χ2v) is 4.19. The summed E-state index contributed by atoms with van der Waals surface area (Å²) in [5.74, 6) is -0.889. The summed E-state index contributed by atoms with van der Waals surface area (Å²) in [6.45, 7) is 1.62. The zero-order valence-electron chi connectivity index (χ0n) is 10.3. The lowest BCUT2D eigenvalue weighted by Crippen LogP contribution is -2.13. The number of anilines is 2. The molecule has 5 heteroatoms. The number of aromatic hydroxyl groups is 1. The number of nitrogens with one attached hydrogen (secondary N) is 1. The maximum Gasteiger partial charge on any atom is 0.255 e. The first-order chi connectivity index (χ1) is 8.97. The van der Waals surface area contributed by atoms with Gasteiger partial charge in [0.05, 0.1) is 11.4 Å². The van der Waals surface area contributed by atoms with E-state index >= 15 is 0 Å². The Hall–Kier alpha value is -2.56. The molecule has 0 heterocycles. The number of rotatable bonds is 2. The van der Waals surface area contributed by atoms with Gasteiger partial charge >= 0.3 is 0 Å². The van der Waals surface area contributed by atoms with E-state index in [1.165, 1.54) is 36.4 Å². The molecule has 4 N–H and O–H groups in total. The van der Waals surface area contributed by atoms with Crippen molar-refractivity contribution >= 4 is 17.3 Å². The molecule has 0 bridgehead atoms. The number of amides is 1. The van der Waals surface area contributed by atoms with Crippen molar-refractivity contribution in [3.8, 4) is 5.75 Å². The maximum absolute atomic E-state index is 13.4. The van der Waals surface area contributed by atoms with Crippen LogP contribution in [0.3, 0.4) is 0 Å². The van der Waals surface area contributed by atoms with Gasteiger partial charge < -0.3 is 16.2 Å². The van der Waals surface area contributed by atoms with Gasteiger partial charge in [0.1, 0.15) is 11.6 Å². The molecule has 2 aromatic rings. The molecule has 2 aromatic carbocycles. The predicted octanol–water partition coefficient (Wildman–Crippen LogP) is 2.67. The van der Waals surface area contributed by atoms with E-state index in [1.807, 2.05) is 0 Å². The third kappa shape index (κ3) is 2.82. The van der Waals surface area contributed by atoms with E-state index in [0.29, 0.717) is 11.3 Å². The van der Waals surface area contributed by atoms with E-state index in [4.69, 9.17) is 5.73 Å². The first-order valence-corrected chi connectivity index (χ1v) is 5.63. The van der Waals surface area contributed by atoms with Crippen LogP contribution < -0.4 is 11.1 Å². The average molecular weight is 260 g/mol. The second-order valence-electron chi connectivity index (χ2n) is 4.19. The highest BCUT2D eigenvalue weighted by Crippen LogP contribution is 2.23. The fourth-order valence-corrected chi connectivity index (χ4v) is 1.59. The molecule has 0 aromatic heterocycles. The van der Waals surface area contributed by atoms with Gasteiger partial charge in [0, 0.05) is 11.6 Å². The van der Waals surface area contributed by atoms with Crippen molar-refractivity contribution in [3.05, 3.63) is 53.3 Å². The molecule has 0 atom stereocenters. The minimum atomic E-state index is -0.462. The number of nitrogens with two attached hydrogens (primary N) is 1. The number of halogens is 1. The monoisotopic (exact) mass is 260 g/mol. The van der Waals surface area contributed by atoms with Crippen molar-refractivity contribution in [2.24, 2.45) is 0 Å². The van der Waals surface area contributed by atoms with Gasteiger partial charge in [-0.1, -0.05) is 6.07 Å². The standard InChI is InChI=1S/C14H13FN2O2/c1-8-2-3-9(6-11(8)15)14(19)17-13-5-4-10(18)7-12(13)16/h2-7,18H,16H2,1H3,(H,17,19). The lowest BCUT2D eigenvalue weighted by molar-refractivity contribution is 0.102. The molecule has 0 radical (unpaired) electrons. The van der Waals surface area contributed by atoms with Crippen LogP contribution in [0.1, 0.15) is 15.9 Å². The van der Waals surface area contributed by atoms with Crippen molar-refractivity contribution in [2.75, 3.05) is 11.1 Å². The molecule has 0 fully saturated rings. The highest BCUT2D eigenvalue weighted by Gasteiger charge is 2.10. The Labute approximate surface area is 109 Å². The van der Waals surface area contributed by atoms with Crippen molar-refractivity contribution < 1.29 is 14.3 Å². The minimum absolute atomic E-state index is 0.0110. The average Bonchev–Trinajstić information content (AvgIpc) is 2.36. The van der Waals surface area contributed by atoms with Gasteiger partial charge in [0.15, 0.2) is 0 Å². The van der Waals surface area contributed by atoms with E-state index in [-0.39, 0.29) is 17.0 Å². The van der Waals surface area contributed by atoms with Crippen LogP contribution >= 0.6 is 0 Å². The number of benzene rings is 2. The largest absolute Gasteiger partial charge is 0.508 e. The minimum Gasteiger partial charge on any atom is -0.508 e. The third-order valence-corrected chi connectivity index (χ3v) is 2.72. The van der Waals surface area contributed by atoms with E-state index in [0.717, 1.165) is 0 Å². The van der Waals surface area contributed by atoms with Gasteiger partial charge in [0.2, 0.25) is 0 Å². The molecular weight excluding hydrogens is 247 g/mol. The Bertz CT molecular complexity index is 641. The molecule has 4 nitrogen and oxygen atoms in total. The Morgan fingerprint density at radius 3 is 2.63 bits per heavy atom. The van der Waals surface area contributed by atoms with Gasteiger partial charge in [-0.2, -0.15) is 0 Å². The number of nitrogen functional groups attached to an aromatic ring is 1. The molecule has 0 spiro atoms. The summed E-state index contributed by atoms with van der Waals surface area (Å²) in [4.78, 5) is 11.9. The van der Waals surface area contributed by atoms with Crippen LogP contribution in [0.4, 0.5) is 15.8 Å². The van der Waals surface area contributed by atoms with E-state index in [1.54, 1.807) is 6.92 Å². The summed E-state index contributed by atoms with van der Waals surface area (Å²) in [5, 5.41) is 11.8. The molecule has 0 unspecified atom stereocenters. The first-order valence-electron chi connectivity index (χ1n) is 5.63. The second kappa shape index (κ2) is 4.97. The SMILES string of the molecule is Cc1ccc(C(=O)Nc2ccc(O)cc2N)cc1F. The Balaban J connectivity index is 2.23. The van der Waals surface area contributed by atoms with E-state index < -0.39 is 11.7 Å². The molecule has 0 aliphatic heterocycles. The summed E-state index contributed by atoms with van der Waals surface area (Å²) in [6, 6.07) is 8.44. The fraction of sp³-hybridized carbons (Fsp3) is 0.0714. The number of hydrogen-bond acceptors (Lipinski definition) is 3. The number of hydrogen-bond donors (Lipinski definition) is 3. The number of phenols is 1. The van der Waals surface area contributed by atoms with Crippen LogP contribution in [0.5, 0.6) is 5.75 Å². The highest BCUT2D eigenvalue weighted by molar-refractivity contribution is 6.05. The van der Waals surface area contributed by atoms with Crippen LogP contribution in [0.2, 0.25) is 0 Å². The zero-order valence-corrected chi connectivity index (χ0v) is 10.3. The number of carbonyl (C=O) groups excluding carboxylic acids is 1. The van der Waals surface area contributed by atoms with Crippen molar-refractivity contribution in [3.63, 3.8) is 0 Å². The van der Waals surface area contributed by atoms with Crippen molar-refractivity contribution in [1.82, 2.24) is 0 Å². The molecule has 0 aliphatic carbocycles. The van der Waals surface area contributed by atoms with E-state index in [2.05, 4.69) is 5.32 Å². The molecule has 0 saturated heterocycles. The number of phenolic OH excluding ortho intramolecular Hbond substituents is 1. The smallest absolute Gasteiger partial charge is 0.255 e. The van der Waals surface area contributed by atoms with Crippen LogP contribution in [0.25, 0.3) is 0 Å². The molecule has 19 heavy (non-hydrogen) atoms. The lowest BCUT2D eigenvalue weighted by atomic mass is 10.1. The van der Waals surface area contributed by atoms with Crippen molar-refractivity contribution in [2.45, 2.75) is 6.92 Å². The number of carbonyl (C=O) groups is 1. The molecular formula is C14H13FN2O2. The van der Waals surface area contributed by atoms with Crippen LogP contribution in [-0.2, 0) is 0 Å². The zero-order chi connectivity index (χ0) is 14.0. The molecule has 0 saturated carbocycles. The van der Waals surface area contributed by atoms with E-state index in [9.17, 15) is 14.3 Å². The summed E-state index contributed by atoms with van der Waals surface area (Å²) in [6.07, 6.45) is 0. The lowest BCUT2D eigenvalue weighted by Gasteiger charge is -2.09. The first kappa shape index (κ1) is 12.9.